The second-order valence-electron chi connectivity index (χ2n) is 1.09. The van der Waals surface area contributed by atoms with Gasteiger partial charge < -0.3 is 5.73 Å². The van der Waals surface area contributed by atoms with Crippen LogP contribution in [0.3, 0.4) is 0 Å². The number of nitrogens with two attached hydrogens (primary N) is 1. The molecule has 36 valence electrons. The minimum Gasteiger partial charge on any atom is -0.321 e. The molecule has 0 radical (unpaired) electrons. The lowest BCUT2D eigenvalue weighted by molar-refractivity contribution is -0.112. The number of hydrogen-bond acceptors (Lipinski definition) is 2. The molecule has 1 unspecified atom stereocenters. The van der Waals surface area contributed by atoms with E-state index in [1.807, 2.05) is 0 Å². The van der Waals surface area contributed by atoms with Gasteiger partial charge >= 0.3 is 0 Å². The van der Waals surface area contributed by atoms with Crippen molar-refractivity contribution in [2.24, 2.45) is 5.73 Å². The summed E-state index contributed by atoms with van der Waals surface area (Å²) in [4.78, 5) is 9.78. The van der Waals surface area contributed by atoms with Crippen molar-refractivity contribution in [3.05, 3.63) is 0 Å². The van der Waals surface area contributed by atoms with Gasteiger partial charge in [-0.25, -0.2) is 0 Å². The summed E-state index contributed by atoms with van der Waals surface area (Å²) < 4.78 is 0. The van der Waals surface area contributed by atoms with E-state index in [1.54, 1.807) is 0 Å². The van der Waals surface area contributed by atoms with Crippen molar-refractivity contribution in [2.45, 2.75) is 13.0 Å². The maximum atomic E-state index is 9.78. The van der Waals surface area contributed by atoms with Crippen LogP contribution in [0, 0.1) is 0 Å². The minimum absolute atomic E-state index is 0.491. The molecule has 0 fully saturated rings. The highest BCUT2D eigenvalue weighted by Crippen LogP contribution is 1.81. The van der Waals surface area contributed by atoms with Crippen LogP contribution >= 0.6 is 11.6 Å². The first kappa shape index (κ1) is 5.92. The van der Waals surface area contributed by atoms with Gasteiger partial charge in [-0.05, 0) is 18.5 Å². The lowest BCUT2D eigenvalue weighted by atomic mass is 10.4. The molecule has 0 aliphatic rings. The third-order valence-electron chi connectivity index (χ3n) is 0.358. The topological polar surface area (TPSA) is 43.1 Å². The average molecular weight is 108 g/mol. The maximum absolute atomic E-state index is 9.78. The Balaban J connectivity index is 3.26. The molecule has 0 aromatic heterocycles. The molecule has 0 aromatic carbocycles. The predicted octanol–water partition coefficient (Wildman–Crippen LogP) is 0.0990. The molecule has 0 aromatic rings. The van der Waals surface area contributed by atoms with Crippen LogP contribution in [0.4, 0.5) is 0 Å². The van der Waals surface area contributed by atoms with Crippen molar-refractivity contribution in [3.8, 4) is 0 Å². The van der Waals surface area contributed by atoms with E-state index in [0.29, 0.717) is 0 Å². The van der Waals surface area contributed by atoms with E-state index < -0.39 is 11.3 Å². The van der Waals surface area contributed by atoms with Gasteiger partial charge in [-0.2, -0.15) is 0 Å². The zero-order chi connectivity index (χ0) is 5.15. The van der Waals surface area contributed by atoms with Crippen LogP contribution in [0.25, 0.3) is 0 Å². The molecule has 0 saturated heterocycles. The normalized spacial score (nSPS) is 13.8. The smallest absolute Gasteiger partial charge is 0.238 e. The monoisotopic (exact) mass is 107 g/mol. The van der Waals surface area contributed by atoms with E-state index in [2.05, 4.69) is 0 Å². The SMILES string of the molecule is CC(N)C(=O)Cl. The molecule has 0 spiro atoms. The van der Waals surface area contributed by atoms with Crippen molar-refractivity contribution < 1.29 is 4.79 Å². The summed E-state index contributed by atoms with van der Waals surface area (Å²) in [5.74, 6) is 0. The van der Waals surface area contributed by atoms with E-state index in [4.69, 9.17) is 17.3 Å². The number of carbonyl (C=O) groups excluding carboxylic acids is 1. The molecule has 2 nitrogen and oxygen atoms in total. The molecule has 0 rings (SSSR count). The highest BCUT2D eigenvalue weighted by atomic mass is 35.5. The molecule has 2 N–H and O–H groups in total. The van der Waals surface area contributed by atoms with Crippen LogP contribution in [-0.4, -0.2) is 11.3 Å². The second kappa shape index (κ2) is 2.16. The van der Waals surface area contributed by atoms with Crippen molar-refractivity contribution in [1.29, 1.82) is 0 Å². The van der Waals surface area contributed by atoms with Crippen LogP contribution in [0.2, 0.25) is 0 Å². The van der Waals surface area contributed by atoms with Crippen LogP contribution in [0.5, 0.6) is 0 Å². The Morgan fingerprint density at radius 2 is 2.17 bits per heavy atom. The number of halogens is 1. The quantitative estimate of drug-likeness (QED) is 0.483. The Labute approximate surface area is 41.3 Å². The summed E-state index contributed by atoms with van der Waals surface area (Å²) in [5.41, 5.74) is 4.95. The third kappa shape index (κ3) is 2.18. The second-order valence-corrected chi connectivity index (χ2v) is 1.47. The highest BCUT2D eigenvalue weighted by Gasteiger charge is 1.98. The van der Waals surface area contributed by atoms with E-state index in [9.17, 15) is 4.79 Å². The van der Waals surface area contributed by atoms with Crippen molar-refractivity contribution in [3.63, 3.8) is 0 Å². The zero-order valence-corrected chi connectivity index (χ0v) is 4.20. The molecule has 0 aliphatic heterocycles. The number of rotatable bonds is 1. The molecule has 0 heterocycles. The van der Waals surface area contributed by atoms with E-state index >= 15 is 0 Å². The van der Waals surface area contributed by atoms with Gasteiger partial charge in [0.2, 0.25) is 5.24 Å². The Morgan fingerprint density at radius 3 is 2.17 bits per heavy atom. The van der Waals surface area contributed by atoms with Crippen LogP contribution in [0.1, 0.15) is 6.92 Å². The van der Waals surface area contributed by atoms with Gasteiger partial charge in [0, 0.05) is 0 Å². The Hall–Kier alpha value is -0.0800. The summed E-state index contributed by atoms with van der Waals surface area (Å²) in [5, 5.41) is -0.491. The fourth-order valence-corrected chi connectivity index (χ4v) is 0. The zero-order valence-electron chi connectivity index (χ0n) is 3.44. The van der Waals surface area contributed by atoms with Crippen LogP contribution < -0.4 is 5.73 Å². The van der Waals surface area contributed by atoms with Gasteiger partial charge in [0.15, 0.2) is 0 Å². The Kier molecular flexibility index (Phi) is 2.13. The largest absolute Gasteiger partial charge is 0.321 e. The van der Waals surface area contributed by atoms with Gasteiger partial charge in [-0.3, -0.25) is 4.79 Å². The van der Waals surface area contributed by atoms with Gasteiger partial charge in [0.1, 0.15) is 0 Å². The van der Waals surface area contributed by atoms with Crippen molar-refractivity contribution >= 4 is 16.8 Å². The minimum atomic E-state index is -0.522. The summed E-state index contributed by atoms with van der Waals surface area (Å²) in [6.07, 6.45) is 0. The van der Waals surface area contributed by atoms with Crippen molar-refractivity contribution in [1.82, 2.24) is 0 Å². The summed E-state index contributed by atoms with van der Waals surface area (Å²) in [6.45, 7) is 1.54. The molecule has 0 bridgehead atoms. The number of hydrogen-bond donors (Lipinski definition) is 1. The molecular weight excluding hydrogens is 101 g/mol. The lowest BCUT2D eigenvalue weighted by Crippen LogP contribution is -2.21. The summed E-state index contributed by atoms with van der Waals surface area (Å²) >= 11 is 4.85. The lowest BCUT2D eigenvalue weighted by Gasteiger charge is -1.89. The van der Waals surface area contributed by atoms with E-state index in [1.165, 1.54) is 6.92 Å². The first-order valence-corrected chi connectivity index (χ1v) is 1.97. The molecule has 0 saturated carbocycles. The van der Waals surface area contributed by atoms with Gasteiger partial charge in [0.05, 0.1) is 6.04 Å². The van der Waals surface area contributed by atoms with Gasteiger partial charge in [-0.15, -0.1) is 0 Å². The van der Waals surface area contributed by atoms with Gasteiger partial charge in [-0.1, -0.05) is 0 Å². The molecular formula is C3H6ClNO. The molecule has 1 atom stereocenters. The molecule has 0 amide bonds. The summed E-state index contributed by atoms with van der Waals surface area (Å²) in [7, 11) is 0. The van der Waals surface area contributed by atoms with Gasteiger partial charge in [0.25, 0.3) is 0 Å². The van der Waals surface area contributed by atoms with E-state index in [-0.39, 0.29) is 0 Å². The molecule has 0 aliphatic carbocycles. The molecule has 3 heteroatoms. The average Bonchev–Trinajstić information content (AvgIpc) is 1.36. The predicted molar refractivity (Wildman–Crippen MR) is 24.5 cm³/mol. The number of carbonyl (C=O) groups is 1. The Morgan fingerprint density at radius 1 is 2.00 bits per heavy atom. The van der Waals surface area contributed by atoms with Crippen LogP contribution in [0.15, 0.2) is 0 Å². The van der Waals surface area contributed by atoms with E-state index in [0.717, 1.165) is 0 Å². The third-order valence-corrected chi connectivity index (χ3v) is 0.702. The summed E-state index contributed by atoms with van der Waals surface area (Å²) in [6, 6.07) is -0.522. The maximum Gasteiger partial charge on any atom is 0.238 e. The van der Waals surface area contributed by atoms with Crippen LogP contribution in [-0.2, 0) is 4.79 Å². The molecule has 6 heavy (non-hydrogen) atoms. The first-order chi connectivity index (χ1) is 2.64. The Bertz CT molecular complexity index is 61.8. The highest BCUT2D eigenvalue weighted by molar-refractivity contribution is 6.64. The fourth-order valence-electron chi connectivity index (χ4n) is 0. The van der Waals surface area contributed by atoms with Crippen molar-refractivity contribution in [2.75, 3.05) is 0 Å². The first-order valence-electron chi connectivity index (χ1n) is 1.59. The standard InChI is InChI=1S/C3H6ClNO/c1-2(5)3(4)6/h2H,5H2,1H3. The fraction of sp³-hybridized carbons (Fsp3) is 0.667.